The van der Waals surface area contributed by atoms with Crippen LogP contribution in [0.3, 0.4) is 0 Å². The largest absolute Gasteiger partial charge is 0.370 e. The monoisotopic (exact) mass is 288 g/mol. The number of guanidine groups is 1. The number of aliphatic imine (C=N–C) groups is 1. The molecule has 1 fully saturated rings. The molecule has 0 spiro atoms. The molecule has 0 bridgehead atoms. The smallest absolute Gasteiger partial charge is 0.190 e. The van der Waals surface area contributed by atoms with E-state index in [0.717, 1.165) is 25.6 Å². The predicted octanol–water partition coefficient (Wildman–Crippen LogP) is 2.34. The zero-order chi connectivity index (χ0) is 15.2. The molecule has 1 aliphatic rings. The van der Waals surface area contributed by atoms with Gasteiger partial charge in [-0.3, -0.25) is 9.89 Å². The summed E-state index contributed by atoms with van der Waals surface area (Å²) in [5.74, 6) is 1.44. The minimum atomic E-state index is 0.331. The number of nitrogens with two attached hydrogens (primary N) is 1. The van der Waals surface area contributed by atoms with Crippen LogP contribution >= 0.6 is 0 Å². The van der Waals surface area contributed by atoms with E-state index in [0.29, 0.717) is 12.0 Å². The van der Waals surface area contributed by atoms with Crippen molar-refractivity contribution in [2.24, 2.45) is 16.6 Å². The summed E-state index contributed by atoms with van der Waals surface area (Å²) in [7, 11) is 3.86. The highest BCUT2D eigenvalue weighted by Gasteiger charge is 2.24. The quantitative estimate of drug-likeness (QED) is 0.683. The number of rotatable bonds is 4. The van der Waals surface area contributed by atoms with Gasteiger partial charge in [0.15, 0.2) is 5.96 Å². The molecular weight excluding hydrogens is 260 g/mol. The van der Waals surface area contributed by atoms with E-state index in [2.05, 4.69) is 47.1 Å². The highest BCUT2D eigenvalue weighted by atomic mass is 15.2. The molecule has 1 aromatic carbocycles. The molecule has 0 unspecified atom stereocenters. The number of hydrogen-bond donors (Lipinski definition) is 1. The third-order valence-corrected chi connectivity index (χ3v) is 4.33. The van der Waals surface area contributed by atoms with Gasteiger partial charge in [0.05, 0.1) is 12.6 Å². The van der Waals surface area contributed by atoms with Crippen LogP contribution in [-0.4, -0.2) is 49.5 Å². The molecule has 1 heterocycles. The Balaban J connectivity index is 2.13. The van der Waals surface area contributed by atoms with Crippen LogP contribution in [0.15, 0.2) is 35.3 Å². The van der Waals surface area contributed by atoms with Crippen LogP contribution < -0.4 is 5.73 Å². The van der Waals surface area contributed by atoms with Gasteiger partial charge < -0.3 is 10.6 Å². The molecule has 1 aliphatic heterocycles. The van der Waals surface area contributed by atoms with Crippen molar-refractivity contribution in [3.8, 4) is 0 Å². The second kappa shape index (κ2) is 7.46. The summed E-state index contributed by atoms with van der Waals surface area (Å²) in [5, 5.41) is 0. The van der Waals surface area contributed by atoms with Crippen molar-refractivity contribution in [1.82, 2.24) is 9.80 Å². The van der Waals surface area contributed by atoms with E-state index in [4.69, 9.17) is 5.73 Å². The fourth-order valence-corrected chi connectivity index (χ4v) is 2.77. The van der Waals surface area contributed by atoms with Gasteiger partial charge in [-0.2, -0.15) is 0 Å². The van der Waals surface area contributed by atoms with Gasteiger partial charge in [0.2, 0.25) is 0 Å². The minimum absolute atomic E-state index is 0.331. The third-order valence-electron chi connectivity index (χ3n) is 4.33. The molecule has 116 valence electrons. The molecule has 1 aromatic rings. The molecule has 21 heavy (non-hydrogen) atoms. The van der Waals surface area contributed by atoms with Crippen LogP contribution in [0, 0.1) is 5.92 Å². The summed E-state index contributed by atoms with van der Waals surface area (Å²) >= 11 is 0. The molecule has 2 N–H and O–H groups in total. The molecule has 4 nitrogen and oxygen atoms in total. The Morgan fingerprint density at radius 3 is 2.48 bits per heavy atom. The van der Waals surface area contributed by atoms with E-state index < -0.39 is 0 Å². The molecule has 4 heteroatoms. The van der Waals surface area contributed by atoms with Crippen LogP contribution in [0.1, 0.15) is 31.4 Å². The van der Waals surface area contributed by atoms with Gasteiger partial charge in [0.1, 0.15) is 0 Å². The maximum Gasteiger partial charge on any atom is 0.190 e. The van der Waals surface area contributed by atoms with Crippen LogP contribution in [0.5, 0.6) is 0 Å². The number of benzene rings is 1. The Hall–Kier alpha value is -1.55. The van der Waals surface area contributed by atoms with Crippen molar-refractivity contribution < 1.29 is 0 Å². The summed E-state index contributed by atoms with van der Waals surface area (Å²) < 4.78 is 0. The molecule has 0 saturated carbocycles. The van der Waals surface area contributed by atoms with Crippen molar-refractivity contribution in [1.29, 1.82) is 0 Å². The molecule has 0 radical (unpaired) electrons. The van der Waals surface area contributed by atoms with E-state index in [1.807, 2.05) is 19.0 Å². The second-order valence-electron chi connectivity index (χ2n) is 6.24. The van der Waals surface area contributed by atoms with Gasteiger partial charge in [0, 0.05) is 14.1 Å². The normalized spacial score (nSPS) is 19.5. The molecule has 0 aromatic heterocycles. The fourth-order valence-electron chi connectivity index (χ4n) is 2.77. The number of likely N-dealkylation sites (tertiary alicyclic amines) is 1. The SMILES string of the molecule is CC1CCN([C@H](CN=C(N)N(C)C)c2ccccc2)CC1. The first-order chi connectivity index (χ1) is 10.1. The third kappa shape index (κ3) is 4.46. The van der Waals surface area contributed by atoms with E-state index in [1.54, 1.807) is 0 Å². The van der Waals surface area contributed by atoms with Crippen LogP contribution in [0.25, 0.3) is 0 Å². The van der Waals surface area contributed by atoms with Crippen molar-refractivity contribution >= 4 is 5.96 Å². The lowest BCUT2D eigenvalue weighted by atomic mass is 9.96. The molecule has 1 saturated heterocycles. The van der Waals surface area contributed by atoms with Gasteiger partial charge in [-0.1, -0.05) is 37.3 Å². The van der Waals surface area contributed by atoms with Gasteiger partial charge in [-0.25, -0.2) is 0 Å². The average Bonchev–Trinajstić information content (AvgIpc) is 2.50. The maximum atomic E-state index is 5.95. The van der Waals surface area contributed by atoms with Crippen LogP contribution in [-0.2, 0) is 0 Å². The number of nitrogens with zero attached hydrogens (tertiary/aromatic N) is 3. The first-order valence-corrected chi connectivity index (χ1v) is 7.84. The standard InChI is InChI=1S/C17H28N4/c1-14-9-11-21(12-10-14)16(13-19-17(18)20(2)3)15-7-5-4-6-8-15/h4-8,14,16H,9-13H2,1-3H3,(H2,18,19)/t16-/m1/s1. The summed E-state index contributed by atoms with van der Waals surface area (Å²) in [4.78, 5) is 8.99. The fraction of sp³-hybridized carbons (Fsp3) is 0.588. The molecule has 0 aliphatic carbocycles. The lowest BCUT2D eigenvalue weighted by Crippen LogP contribution is -2.38. The highest BCUT2D eigenvalue weighted by molar-refractivity contribution is 5.77. The Morgan fingerprint density at radius 1 is 1.29 bits per heavy atom. The highest BCUT2D eigenvalue weighted by Crippen LogP contribution is 2.27. The topological polar surface area (TPSA) is 44.9 Å². The average molecular weight is 288 g/mol. The first kappa shape index (κ1) is 15.8. The summed E-state index contributed by atoms with van der Waals surface area (Å²) in [6.45, 7) is 5.37. The summed E-state index contributed by atoms with van der Waals surface area (Å²) in [5.41, 5.74) is 7.29. The lowest BCUT2D eigenvalue weighted by molar-refractivity contribution is 0.141. The zero-order valence-corrected chi connectivity index (χ0v) is 13.5. The Labute approximate surface area is 128 Å². The van der Waals surface area contributed by atoms with Crippen molar-refractivity contribution in [3.63, 3.8) is 0 Å². The predicted molar refractivity (Wildman–Crippen MR) is 89.3 cm³/mol. The second-order valence-corrected chi connectivity index (χ2v) is 6.24. The molecule has 2 rings (SSSR count). The molecule has 1 atom stereocenters. The van der Waals surface area contributed by atoms with E-state index in [-0.39, 0.29) is 0 Å². The maximum absolute atomic E-state index is 5.95. The van der Waals surface area contributed by atoms with E-state index >= 15 is 0 Å². The first-order valence-electron chi connectivity index (χ1n) is 7.84. The van der Waals surface area contributed by atoms with Gasteiger partial charge in [-0.15, -0.1) is 0 Å². The Bertz CT molecular complexity index is 447. The van der Waals surface area contributed by atoms with Gasteiger partial charge in [0.25, 0.3) is 0 Å². The lowest BCUT2D eigenvalue weighted by Gasteiger charge is -2.36. The molecule has 0 amide bonds. The Kier molecular flexibility index (Phi) is 5.62. The zero-order valence-electron chi connectivity index (χ0n) is 13.5. The van der Waals surface area contributed by atoms with Gasteiger partial charge in [-0.05, 0) is 37.4 Å². The van der Waals surface area contributed by atoms with Gasteiger partial charge >= 0.3 is 0 Å². The summed E-state index contributed by atoms with van der Waals surface area (Å²) in [6, 6.07) is 11.0. The number of piperidine rings is 1. The van der Waals surface area contributed by atoms with Crippen molar-refractivity contribution in [3.05, 3.63) is 35.9 Å². The number of hydrogen-bond acceptors (Lipinski definition) is 2. The van der Waals surface area contributed by atoms with E-state index in [9.17, 15) is 0 Å². The Morgan fingerprint density at radius 2 is 1.90 bits per heavy atom. The van der Waals surface area contributed by atoms with Crippen molar-refractivity contribution in [2.75, 3.05) is 33.7 Å². The minimum Gasteiger partial charge on any atom is -0.370 e. The summed E-state index contributed by atoms with van der Waals surface area (Å²) in [6.07, 6.45) is 2.55. The van der Waals surface area contributed by atoms with Crippen LogP contribution in [0.2, 0.25) is 0 Å². The van der Waals surface area contributed by atoms with Crippen molar-refractivity contribution in [2.45, 2.75) is 25.8 Å². The van der Waals surface area contributed by atoms with E-state index in [1.165, 1.54) is 18.4 Å². The molecular formula is C17H28N4. The van der Waals surface area contributed by atoms with Crippen LogP contribution in [0.4, 0.5) is 0 Å².